The molecular formula is C40H64N8O11. The molecule has 1 fully saturated rings. The molecule has 1 heterocycles. The second-order valence-corrected chi connectivity index (χ2v) is 16.7. The number of phenols is 1. The van der Waals surface area contributed by atoms with Gasteiger partial charge in [0.25, 0.3) is 0 Å². The Labute approximate surface area is 345 Å². The summed E-state index contributed by atoms with van der Waals surface area (Å²) in [6, 6.07) is -3.51. The summed E-state index contributed by atoms with van der Waals surface area (Å²) in [5, 5.41) is 45.8. The molecule has 0 saturated carbocycles. The summed E-state index contributed by atoms with van der Waals surface area (Å²) in [6.07, 6.45) is -2.07. The molecule has 0 spiro atoms. The molecule has 19 heteroatoms. The Balaban J connectivity index is 2.80. The number of nitrogens with one attached hydrogen (secondary N) is 6. The Morgan fingerprint density at radius 2 is 1.42 bits per heavy atom. The molecule has 1 saturated heterocycles. The second kappa shape index (κ2) is 22.2. The SMILES string of the molecule is CCCN1[C@H](C(=O)NC(C)(C)C)[C@H](C)NC(=O)[C@H]([C@@H](C)O)NC(=O)[C@H](CC(=O)O)NC(=O)[C@H](CC(C)C)NC(=O)CN(C)C(=O)[C@H](Cc2ccc(O)cc2)NC(=O)[C@@H]1C. The third-order valence-electron chi connectivity index (χ3n) is 9.51. The Morgan fingerprint density at radius 1 is 0.847 bits per heavy atom. The van der Waals surface area contributed by atoms with Crippen LogP contribution in [0.15, 0.2) is 24.3 Å². The van der Waals surface area contributed by atoms with E-state index in [0.717, 1.165) is 4.90 Å². The molecule has 0 radical (unpaired) electrons. The van der Waals surface area contributed by atoms with Gasteiger partial charge in [-0.05, 0) is 84.5 Å². The molecule has 19 nitrogen and oxygen atoms in total. The van der Waals surface area contributed by atoms with E-state index in [-0.39, 0.29) is 31.1 Å². The average Bonchev–Trinajstić information content (AvgIpc) is 3.11. The Kier molecular flexibility index (Phi) is 18.7. The van der Waals surface area contributed by atoms with Crippen LogP contribution < -0.4 is 31.9 Å². The predicted octanol–water partition coefficient (Wildman–Crippen LogP) is -0.864. The van der Waals surface area contributed by atoms with Gasteiger partial charge in [-0.15, -0.1) is 0 Å². The van der Waals surface area contributed by atoms with E-state index in [0.29, 0.717) is 12.0 Å². The molecule has 1 aliphatic heterocycles. The van der Waals surface area contributed by atoms with E-state index in [2.05, 4.69) is 31.9 Å². The molecule has 0 bridgehead atoms. The van der Waals surface area contributed by atoms with Crippen molar-refractivity contribution in [2.75, 3.05) is 20.1 Å². The van der Waals surface area contributed by atoms with Gasteiger partial charge >= 0.3 is 5.97 Å². The summed E-state index contributed by atoms with van der Waals surface area (Å²) < 4.78 is 0. The topological polar surface area (TPSA) is 276 Å². The fourth-order valence-corrected chi connectivity index (χ4v) is 6.66. The minimum absolute atomic E-state index is 0.0244. The highest BCUT2D eigenvalue weighted by Gasteiger charge is 2.41. The van der Waals surface area contributed by atoms with E-state index >= 15 is 0 Å². The van der Waals surface area contributed by atoms with Crippen molar-refractivity contribution in [3.63, 3.8) is 0 Å². The first kappa shape index (κ1) is 49.8. The number of aromatic hydroxyl groups is 1. The Bertz CT molecular complexity index is 1660. The summed E-state index contributed by atoms with van der Waals surface area (Å²) in [7, 11) is 1.33. The number of carbonyl (C=O) groups is 8. The van der Waals surface area contributed by atoms with Crippen LogP contribution in [0.2, 0.25) is 0 Å². The molecule has 1 aliphatic rings. The molecule has 7 amide bonds. The number of phenolic OH excluding ortho intramolecular Hbond substituents is 1. The van der Waals surface area contributed by atoms with Gasteiger partial charge in [0.1, 0.15) is 36.0 Å². The van der Waals surface area contributed by atoms with Gasteiger partial charge in [-0.3, -0.25) is 43.3 Å². The number of aliphatic hydroxyl groups is 1. The molecule has 1 aromatic rings. The fraction of sp³-hybridized carbons (Fsp3) is 0.650. The van der Waals surface area contributed by atoms with Crippen LogP contribution in [0.1, 0.15) is 87.1 Å². The molecule has 0 aromatic heterocycles. The average molecular weight is 833 g/mol. The number of carbonyl (C=O) groups excluding carboxylic acids is 7. The van der Waals surface area contributed by atoms with Crippen molar-refractivity contribution < 1.29 is 53.7 Å². The molecule has 1 aromatic carbocycles. The molecule has 9 N–H and O–H groups in total. The van der Waals surface area contributed by atoms with Gasteiger partial charge in [0, 0.05) is 19.0 Å². The Hall–Kier alpha value is -5.30. The van der Waals surface area contributed by atoms with Crippen LogP contribution in [0, 0.1) is 5.92 Å². The van der Waals surface area contributed by atoms with Crippen molar-refractivity contribution in [1.82, 2.24) is 41.7 Å². The molecule has 8 atom stereocenters. The lowest BCUT2D eigenvalue weighted by Crippen LogP contribution is -2.66. The second-order valence-electron chi connectivity index (χ2n) is 16.7. The maximum absolute atomic E-state index is 14.2. The molecule has 330 valence electrons. The first-order valence-electron chi connectivity index (χ1n) is 19.9. The lowest BCUT2D eigenvalue weighted by molar-refractivity contribution is -0.142. The molecule has 0 aliphatic carbocycles. The van der Waals surface area contributed by atoms with E-state index in [9.17, 15) is 53.7 Å². The van der Waals surface area contributed by atoms with Gasteiger partial charge in [0.2, 0.25) is 41.4 Å². The molecule has 59 heavy (non-hydrogen) atoms. The smallest absolute Gasteiger partial charge is 0.305 e. The highest BCUT2D eigenvalue weighted by Crippen LogP contribution is 2.17. The normalized spacial score (nSPS) is 25.8. The van der Waals surface area contributed by atoms with E-state index < -0.39 is 114 Å². The number of amides is 7. The number of carboxylic acids is 1. The highest BCUT2D eigenvalue weighted by atomic mass is 16.4. The van der Waals surface area contributed by atoms with Crippen molar-refractivity contribution in [1.29, 1.82) is 0 Å². The van der Waals surface area contributed by atoms with E-state index in [4.69, 9.17) is 0 Å². The van der Waals surface area contributed by atoms with Gasteiger partial charge < -0.3 is 52.1 Å². The van der Waals surface area contributed by atoms with E-state index in [1.165, 1.54) is 40.0 Å². The number of likely N-dealkylation sites (N-methyl/N-ethyl adjacent to an activating group) is 1. The van der Waals surface area contributed by atoms with Crippen LogP contribution in [0.3, 0.4) is 0 Å². The number of aliphatic carboxylic acids is 1. The minimum Gasteiger partial charge on any atom is -0.508 e. The summed E-state index contributed by atoms with van der Waals surface area (Å²) in [5.41, 5.74) is -0.208. The van der Waals surface area contributed by atoms with Crippen LogP contribution in [0.4, 0.5) is 0 Å². The lowest BCUT2D eigenvalue weighted by atomic mass is 9.99. The van der Waals surface area contributed by atoms with Crippen molar-refractivity contribution >= 4 is 47.3 Å². The monoisotopic (exact) mass is 832 g/mol. The molecule has 2 rings (SSSR count). The lowest BCUT2D eigenvalue weighted by Gasteiger charge is -2.40. The van der Waals surface area contributed by atoms with Crippen molar-refractivity contribution in [3.05, 3.63) is 29.8 Å². The van der Waals surface area contributed by atoms with Gasteiger partial charge in [-0.1, -0.05) is 32.9 Å². The first-order chi connectivity index (χ1) is 27.3. The summed E-state index contributed by atoms with van der Waals surface area (Å²) >= 11 is 0. The van der Waals surface area contributed by atoms with Gasteiger partial charge in [0.05, 0.1) is 31.2 Å². The zero-order valence-corrected chi connectivity index (χ0v) is 35.8. The Morgan fingerprint density at radius 3 is 1.95 bits per heavy atom. The third-order valence-corrected chi connectivity index (χ3v) is 9.51. The number of hydrogen-bond donors (Lipinski definition) is 9. The summed E-state index contributed by atoms with van der Waals surface area (Å²) in [6.45, 7) is 14.4. The van der Waals surface area contributed by atoms with Gasteiger partial charge in [-0.25, -0.2) is 0 Å². The van der Waals surface area contributed by atoms with Crippen LogP contribution in [0.25, 0.3) is 0 Å². The van der Waals surface area contributed by atoms with Crippen LogP contribution in [0.5, 0.6) is 5.75 Å². The van der Waals surface area contributed by atoms with E-state index in [1.54, 1.807) is 51.7 Å². The summed E-state index contributed by atoms with van der Waals surface area (Å²) in [4.78, 5) is 112. The van der Waals surface area contributed by atoms with Gasteiger partial charge in [0.15, 0.2) is 0 Å². The zero-order valence-electron chi connectivity index (χ0n) is 35.8. The molecule has 0 unspecified atom stereocenters. The number of benzene rings is 1. The quantitative estimate of drug-likeness (QED) is 0.139. The zero-order chi connectivity index (χ0) is 44.9. The highest BCUT2D eigenvalue weighted by molar-refractivity contribution is 5.97. The number of rotatable bonds is 10. The molecular weight excluding hydrogens is 768 g/mol. The van der Waals surface area contributed by atoms with Crippen LogP contribution in [-0.2, 0) is 44.8 Å². The van der Waals surface area contributed by atoms with E-state index in [1.807, 2.05) is 6.92 Å². The van der Waals surface area contributed by atoms with Crippen LogP contribution >= 0.6 is 0 Å². The van der Waals surface area contributed by atoms with Gasteiger partial charge in [-0.2, -0.15) is 0 Å². The summed E-state index contributed by atoms with van der Waals surface area (Å²) in [5.74, 6) is -7.40. The largest absolute Gasteiger partial charge is 0.508 e. The number of nitrogens with zero attached hydrogens (tertiary/aromatic N) is 2. The van der Waals surface area contributed by atoms with Crippen molar-refractivity contribution in [3.8, 4) is 5.75 Å². The van der Waals surface area contributed by atoms with Crippen molar-refractivity contribution in [2.45, 2.75) is 142 Å². The first-order valence-corrected chi connectivity index (χ1v) is 19.9. The standard InChI is InChI=1S/C40H64N8O11/c1-11-16-48-23(5)34(54)44-29(18-25-12-14-26(50)15-13-25)39(59)47(10)20-30(51)42-27(17-21(2)3)35(55)43-28(19-31(52)53)36(56)45-32(24(6)49)37(57)41-22(4)33(48)38(58)46-40(7,8)9/h12-15,21-24,27-29,32-33,49-50H,11,16-20H2,1-10H3,(H,41,57)(H,42,51)(H,43,55)(H,44,54)(H,45,56)(H,46,58)(H,52,53)/t22-,23-,24+,27-,28-,29-,32-,33-/m0/s1. The predicted molar refractivity (Wildman–Crippen MR) is 216 cm³/mol. The number of hydrogen-bond acceptors (Lipinski definition) is 11. The maximum atomic E-state index is 14.2. The third kappa shape index (κ3) is 15.8. The minimum atomic E-state index is -1.76. The van der Waals surface area contributed by atoms with Crippen LogP contribution in [-0.4, -0.2) is 147 Å². The number of carboxylic acid groups (broad SMARTS) is 1. The number of aliphatic hydroxyl groups excluding tert-OH is 1. The maximum Gasteiger partial charge on any atom is 0.305 e. The van der Waals surface area contributed by atoms with Crippen molar-refractivity contribution in [2.24, 2.45) is 5.92 Å². The fourth-order valence-electron chi connectivity index (χ4n) is 6.66.